The van der Waals surface area contributed by atoms with Crippen LogP contribution in [0.25, 0.3) is 0 Å². The fourth-order valence-corrected chi connectivity index (χ4v) is 3.90. The first-order valence-corrected chi connectivity index (χ1v) is 11.7. The molecular formula is C23H19BrIN3O5. The Balaban J connectivity index is 1.74. The molecule has 8 nitrogen and oxygen atoms in total. The van der Waals surface area contributed by atoms with Crippen LogP contribution in [0.15, 0.2) is 70.2 Å². The van der Waals surface area contributed by atoms with E-state index in [1.165, 1.54) is 24.4 Å². The number of carbonyl (C=O) groups is 1. The zero-order valence-electron chi connectivity index (χ0n) is 17.5. The molecule has 0 aliphatic heterocycles. The molecule has 3 aromatic carbocycles. The molecule has 0 spiro atoms. The molecule has 0 aliphatic rings. The van der Waals surface area contributed by atoms with E-state index in [-0.39, 0.29) is 11.3 Å². The Morgan fingerprint density at radius 3 is 2.61 bits per heavy atom. The Bertz CT molecular complexity index is 1190. The van der Waals surface area contributed by atoms with Gasteiger partial charge in [0, 0.05) is 10.5 Å². The minimum absolute atomic E-state index is 0.0686. The molecule has 0 saturated carbocycles. The van der Waals surface area contributed by atoms with Crippen LogP contribution in [0.1, 0.15) is 28.4 Å². The van der Waals surface area contributed by atoms with Crippen molar-refractivity contribution in [2.75, 3.05) is 6.61 Å². The fourth-order valence-electron chi connectivity index (χ4n) is 2.85. The number of hydrogen-bond acceptors (Lipinski definition) is 6. The number of benzene rings is 3. The van der Waals surface area contributed by atoms with E-state index in [9.17, 15) is 14.9 Å². The van der Waals surface area contributed by atoms with Crippen LogP contribution in [0.5, 0.6) is 11.5 Å². The van der Waals surface area contributed by atoms with E-state index >= 15 is 0 Å². The Labute approximate surface area is 212 Å². The zero-order chi connectivity index (χ0) is 23.8. The lowest BCUT2D eigenvalue weighted by atomic mass is 10.2. The van der Waals surface area contributed by atoms with Crippen molar-refractivity contribution in [3.63, 3.8) is 0 Å². The smallest absolute Gasteiger partial charge is 0.282 e. The minimum Gasteiger partial charge on any atom is -0.490 e. The van der Waals surface area contributed by atoms with Crippen LogP contribution < -0.4 is 14.9 Å². The lowest BCUT2D eigenvalue weighted by Gasteiger charge is -2.15. The average Bonchev–Trinajstić information content (AvgIpc) is 2.80. The number of amides is 1. The number of nitro groups is 1. The van der Waals surface area contributed by atoms with Gasteiger partial charge >= 0.3 is 0 Å². The van der Waals surface area contributed by atoms with E-state index in [1.807, 2.05) is 37.3 Å². The standard InChI is InChI=1S/C23H19BrIN3O5/c1-2-32-21-12-16(11-19(25)22(21)33-14-15-7-9-17(24)10-8-15)13-26-27-23(29)18-5-3-4-6-20(18)28(30)31/h3-13H,2,14H2,1H3,(H,27,29)/b26-13-. The van der Waals surface area contributed by atoms with Crippen LogP contribution >= 0.6 is 38.5 Å². The number of hydrazone groups is 1. The quantitative estimate of drug-likeness (QED) is 0.142. The number of halogens is 2. The van der Waals surface area contributed by atoms with E-state index in [1.54, 1.807) is 12.1 Å². The van der Waals surface area contributed by atoms with Crippen LogP contribution in [-0.4, -0.2) is 23.7 Å². The Morgan fingerprint density at radius 1 is 1.18 bits per heavy atom. The monoisotopic (exact) mass is 623 g/mol. The summed E-state index contributed by atoms with van der Waals surface area (Å²) < 4.78 is 13.6. The van der Waals surface area contributed by atoms with Gasteiger partial charge in [-0.2, -0.15) is 5.10 Å². The fraction of sp³-hybridized carbons (Fsp3) is 0.130. The van der Waals surface area contributed by atoms with Gasteiger partial charge in [-0.15, -0.1) is 0 Å². The van der Waals surface area contributed by atoms with Gasteiger partial charge in [-0.05, 0) is 71.0 Å². The van der Waals surface area contributed by atoms with E-state index in [0.717, 1.165) is 13.6 Å². The molecule has 0 radical (unpaired) electrons. The summed E-state index contributed by atoms with van der Waals surface area (Å²) in [7, 11) is 0. The average molecular weight is 624 g/mol. The van der Waals surface area contributed by atoms with Crippen molar-refractivity contribution in [3.8, 4) is 11.5 Å². The second-order valence-electron chi connectivity index (χ2n) is 6.65. The molecule has 10 heteroatoms. The van der Waals surface area contributed by atoms with Crippen LogP contribution in [0.4, 0.5) is 5.69 Å². The topological polar surface area (TPSA) is 103 Å². The third kappa shape index (κ3) is 6.75. The van der Waals surface area contributed by atoms with Crippen molar-refractivity contribution < 1.29 is 19.2 Å². The van der Waals surface area contributed by atoms with Gasteiger partial charge < -0.3 is 9.47 Å². The number of nitro benzene ring substituents is 1. The maximum Gasteiger partial charge on any atom is 0.282 e. The molecule has 1 N–H and O–H groups in total. The van der Waals surface area contributed by atoms with Crippen LogP contribution in [0.3, 0.4) is 0 Å². The van der Waals surface area contributed by atoms with E-state index < -0.39 is 10.8 Å². The number of para-hydroxylation sites is 1. The molecule has 33 heavy (non-hydrogen) atoms. The molecule has 3 rings (SSSR count). The molecule has 1 amide bonds. The Hall–Kier alpha value is -2.99. The van der Waals surface area contributed by atoms with Gasteiger partial charge in [-0.3, -0.25) is 14.9 Å². The number of nitrogens with zero attached hydrogens (tertiary/aromatic N) is 2. The summed E-state index contributed by atoms with van der Waals surface area (Å²) in [4.78, 5) is 22.8. The summed E-state index contributed by atoms with van der Waals surface area (Å²) in [5.74, 6) is 0.488. The maximum absolute atomic E-state index is 12.3. The molecule has 0 unspecified atom stereocenters. The maximum atomic E-state index is 12.3. The first-order chi connectivity index (χ1) is 15.9. The molecule has 3 aromatic rings. The van der Waals surface area contributed by atoms with Crippen molar-refractivity contribution in [1.82, 2.24) is 5.43 Å². The number of nitrogens with one attached hydrogen (secondary N) is 1. The molecule has 0 aromatic heterocycles. The lowest BCUT2D eigenvalue weighted by molar-refractivity contribution is -0.385. The normalized spacial score (nSPS) is 10.8. The van der Waals surface area contributed by atoms with Crippen LogP contribution in [0.2, 0.25) is 0 Å². The van der Waals surface area contributed by atoms with E-state index in [0.29, 0.717) is 30.3 Å². The molecule has 0 fully saturated rings. The van der Waals surface area contributed by atoms with Crippen molar-refractivity contribution in [2.24, 2.45) is 5.10 Å². The van der Waals surface area contributed by atoms with E-state index in [4.69, 9.17) is 9.47 Å². The van der Waals surface area contributed by atoms with Gasteiger partial charge in [0.1, 0.15) is 12.2 Å². The summed E-state index contributed by atoms with van der Waals surface area (Å²) in [6.07, 6.45) is 1.44. The highest BCUT2D eigenvalue weighted by Gasteiger charge is 2.18. The highest BCUT2D eigenvalue weighted by atomic mass is 127. The third-order valence-corrected chi connectivity index (χ3v) is 5.68. The van der Waals surface area contributed by atoms with E-state index in [2.05, 4.69) is 49.0 Å². The highest BCUT2D eigenvalue weighted by molar-refractivity contribution is 14.1. The van der Waals surface area contributed by atoms with Crippen molar-refractivity contribution >= 4 is 56.3 Å². The predicted octanol–water partition coefficient (Wildman–Crippen LogP) is 5.70. The lowest BCUT2D eigenvalue weighted by Crippen LogP contribution is -2.19. The molecule has 0 saturated heterocycles. The van der Waals surface area contributed by atoms with Crippen LogP contribution in [-0.2, 0) is 6.61 Å². The van der Waals surface area contributed by atoms with Crippen LogP contribution in [0, 0.1) is 13.7 Å². The largest absolute Gasteiger partial charge is 0.490 e. The van der Waals surface area contributed by atoms with Gasteiger partial charge in [0.2, 0.25) is 0 Å². The van der Waals surface area contributed by atoms with Gasteiger partial charge in [-0.1, -0.05) is 40.2 Å². The van der Waals surface area contributed by atoms with Crippen molar-refractivity contribution in [1.29, 1.82) is 0 Å². The minimum atomic E-state index is -0.673. The van der Waals surface area contributed by atoms with Crippen molar-refractivity contribution in [3.05, 3.63) is 95.5 Å². The molecule has 0 atom stereocenters. The SMILES string of the molecule is CCOc1cc(/C=N\NC(=O)c2ccccc2[N+](=O)[O-])cc(I)c1OCc1ccc(Br)cc1. The van der Waals surface area contributed by atoms with Gasteiger partial charge in [0.05, 0.1) is 21.3 Å². The van der Waals surface area contributed by atoms with Gasteiger partial charge in [0.25, 0.3) is 11.6 Å². The summed E-state index contributed by atoms with van der Waals surface area (Å²) in [5, 5.41) is 15.0. The second-order valence-corrected chi connectivity index (χ2v) is 8.73. The Kier molecular flexibility index (Phi) is 8.78. The first-order valence-electron chi connectivity index (χ1n) is 9.79. The molecular weight excluding hydrogens is 605 g/mol. The summed E-state index contributed by atoms with van der Waals surface area (Å²) in [6.45, 7) is 2.70. The number of rotatable bonds is 9. The third-order valence-electron chi connectivity index (χ3n) is 4.35. The molecule has 0 aliphatic carbocycles. The first kappa shape index (κ1) is 24.6. The summed E-state index contributed by atoms with van der Waals surface area (Å²) in [5.41, 5.74) is 3.65. The summed E-state index contributed by atoms with van der Waals surface area (Å²) >= 11 is 5.56. The number of hydrogen-bond donors (Lipinski definition) is 1. The second kappa shape index (κ2) is 11.8. The molecule has 0 heterocycles. The van der Waals surface area contributed by atoms with Gasteiger partial charge in [-0.25, -0.2) is 5.43 Å². The van der Waals surface area contributed by atoms with Crippen molar-refractivity contribution in [2.45, 2.75) is 13.5 Å². The van der Waals surface area contributed by atoms with Gasteiger partial charge in [0.15, 0.2) is 11.5 Å². The number of ether oxygens (including phenoxy) is 2. The highest BCUT2D eigenvalue weighted by Crippen LogP contribution is 2.34. The number of carbonyl (C=O) groups excluding carboxylic acids is 1. The molecule has 170 valence electrons. The zero-order valence-corrected chi connectivity index (χ0v) is 21.2. The predicted molar refractivity (Wildman–Crippen MR) is 137 cm³/mol. The Morgan fingerprint density at radius 2 is 1.91 bits per heavy atom. The summed E-state index contributed by atoms with van der Waals surface area (Å²) in [6, 6.07) is 17.1. The molecule has 0 bridgehead atoms.